The highest BCUT2D eigenvalue weighted by Gasteiger charge is 2.34. The van der Waals surface area contributed by atoms with Gasteiger partial charge >= 0.3 is 0 Å². The van der Waals surface area contributed by atoms with Gasteiger partial charge in [-0.15, -0.1) is 10.2 Å². The molecule has 196 valence electrons. The van der Waals surface area contributed by atoms with Crippen LogP contribution in [0.2, 0.25) is 0 Å². The molecule has 1 aliphatic heterocycles. The Morgan fingerprint density at radius 2 is 1.97 bits per heavy atom. The molecule has 0 aliphatic carbocycles. The van der Waals surface area contributed by atoms with Gasteiger partial charge in [0, 0.05) is 30.6 Å². The summed E-state index contributed by atoms with van der Waals surface area (Å²) < 4.78 is 55.3. The number of benzene rings is 2. The molecule has 2 aromatic carbocycles. The Morgan fingerprint density at radius 1 is 1.16 bits per heavy atom. The Kier molecular flexibility index (Phi) is 6.55. The fourth-order valence-electron chi connectivity index (χ4n) is 4.51. The fraction of sp³-hybridized carbons (Fsp3) is 0.333. The third kappa shape index (κ3) is 4.98. The van der Waals surface area contributed by atoms with Crippen LogP contribution in [0.3, 0.4) is 0 Å². The second-order valence-electron chi connectivity index (χ2n) is 8.97. The number of sulfonamides is 2. The second kappa shape index (κ2) is 9.55. The molecule has 16 heteroatoms. The Balaban J connectivity index is 1.78. The van der Waals surface area contributed by atoms with Crippen LogP contribution in [-0.2, 0) is 26.5 Å². The highest BCUT2D eigenvalue weighted by molar-refractivity contribution is 7.92. The summed E-state index contributed by atoms with van der Waals surface area (Å²) >= 11 is 0. The third-order valence-corrected chi connectivity index (χ3v) is 8.70. The van der Waals surface area contributed by atoms with Crippen molar-refractivity contribution < 1.29 is 16.8 Å². The number of para-hydroxylation sites is 1. The smallest absolute Gasteiger partial charge is 0.242 e. The zero-order chi connectivity index (χ0) is 26.4. The molecule has 1 saturated heterocycles. The molecule has 5 rings (SSSR count). The van der Waals surface area contributed by atoms with E-state index in [1.807, 2.05) is 13.0 Å². The van der Waals surface area contributed by atoms with Crippen LogP contribution in [-0.4, -0.2) is 72.6 Å². The van der Waals surface area contributed by atoms with E-state index in [-0.39, 0.29) is 17.4 Å². The number of primary sulfonamides is 1. The lowest BCUT2D eigenvalue weighted by Crippen LogP contribution is -2.37. The van der Waals surface area contributed by atoms with Gasteiger partial charge in [0.2, 0.25) is 25.9 Å². The number of fused-ring (bicyclic) bond motifs is 1. The SMILES string of the molecule is CC(N)Cc1nc2c(-c3ccc(S(=O)(=O)N[C@@H]4CCNC4)c(S(N)(=O)=O)c3-c3nn[nH]n3)cccc2[nH]1. The van der Waals surface area contributed by atoms with Crippen LogP contribution in [0.1, 0.15) is 19.2 Å². The van der Waals surface area contributed by atoms with Gasteiger partial charge < -0.3 is 16.0 Å². The van der Waals surface area contributed by atoms with Crippen molar-refractivity contribution >= 4 is 31.1 Å². The van der Waals surface area contributed by atoms with Crippen molar-refractivity contribution in [3.63, 3.8) is 0 Å². The first-order valence-corrected chi connectivity index (χ1v) is 14.5. The number of nitrogens with zero attached hydrogens (tertiary/aromatic N) is 4. The number of tetrazole rings is 1. The first-order chi connectivity index (χ1) is 17.5. The minimum atomic E-state index is -4.60. The normalized spacial score (nSPS) is 17.4. The Bertz CT molecular complexity index is 1660. The van der Waals surface area contributed by atoms with E-state index in [1.165, 1.54) is 12.1 Å². The number of imidazole rings is 1. The van der Waals surface area contributed by atoms with Gasteiger partial charge in [-0.05, 0) is 42.8 Å². The minimum Gasteiger partial charge on any atom is -0.342 e. The van der Waals surface area contributed by atoms with Crippen LogP contribution in [0, 0.1) is 0 Å². The molecule has 0 saturated carbocycles. The number of rotatable bonds is 8. The lowest BCUT2D eigenvalue weighted by atomic mass is 9.98. The average Bonchev–Trinajstić information content (AvgIpc) is 3.58. The molecule has 14 nitrogen and oxygen atoms in total. The molecule has 2 atom stereocenters. The van der Waals surface area contributed by atoms with Crippen LogP contribution < -0.4 is 20.9 Å². The molecule has 0 spiro atoms. The van der Waals surface area contributed by atoms with Crippen LogP contribution in [0.25, 0.3) is 33.5 Å². The van der Waals surface area contributed by atoms with Crippen molar-refractivity contribution in [2.24, 2.45) is 10.9 Å². The van der Waals surface area contributed by atoms with Gasteiger partial charge in [0.25, 0.3) is 0 Å². The van der Waals surface area contributed by atoms with Crippen LogP contribution in [0.5, 0.6) is 0 Å². The number of aromatic amines is 2. The van der Waals surface area contributed by atoms with Crippen molar-refractivity contribution in [1.82, 2.24) is 40.6 Å². The molecule has 0 radical (unpaired) electrons. The molecular weight excluding hydrogens is 520 g/mol. The van der Waals surface area contributed by atoms with Crippen molar-refractivity contribution in [2.45, 2.75) is 41.6 Å². The maximum absolute atomic E-state index is 13.4. The molecule has 1 unspecified atom stereocenters. The molecule has 0 amide bonds. The number of aromatic nitrogens is 6. The Hall–Kier alpha value is -3.28. The van der Waals surface area contributed by atoms with E-state index < -0.39 is 35.9 Å². The number of nitrogens with one attached hydrogen (secondary N) is 4. The van der Waals surface area contributed by atoms with E-state index in [1.54, 1.807) is 12.1 Å². The quantitative estimate of drug-likeness (QED) is 0.167. The lowest BCUT2D eigenvalue weighted by Gasteiger charge is -2.18. The lowest BCUT2D eigenvalue weighted by molar-refractivity contribution is 0.555. The van der Waals surface area contributed by atoms with Gasteiger partial charge in [0.15, 0.2) is 0 Å². The maximum atomic E-state index is 13.4. The second-order valence-corrected chi connectivity index (χ2v) is 12.2. The molecule has 1 fully saturated rings. The summed E-state index contributed by atoms with van der Waals surface area (Å²) in [6.45, 7) is 2.92. The van der Waals surface area contributed by atoms with Crippen molar-refractivity contribution in [1.29, 1.82) is 0 Å². The highest BCUT2D eigenvalue weighted by Crippen LogP contribution is 2.40. The molecule has 3 heterocycles. The molecule has 2 aromatic heterocycles. The Labute approximate surface area is 212 Å². The molecule has 0 bridgehead atoms. The Morgan fingerprint density at radius 3 is 2.62 bits per heavy atom. The first kappa shape index (κ1) is 25.4. The predicted octanol–water partition coefficient (Wildman–Crippen LogP) is -0.413. The minimum absolute atomic E-state index is 0.104. The number of nitrogens with two attached hydrogens (primary N) is 2. The maximum Gasteiger partial charge on any atom is 0.242 e. The number of H-pyrrole nitrogens is 2. The van der Waals surface area contributed by atoms with Gasteiger partial charge in [0.05, 0.1) is 16.6 Å². The summed E-state index contributed by atoms with van der Waals surface area (Å²) in [5.74, 6) is 0.515. The summed E-state index contributed by atoms with van der Waals surface area (Å²) in [6.07, 6.45) is 1.05. The molecule has 4 aromatic rings. The number of hydrogen-bond acceptors (Lipinski definition) is 10. The standard InChI is InChI=1S/C21H26N10O4S2/c1-11(22)9-17-25-15-4-2-3-14(19(15)26-17)13-5-6-16(37(34,35)29-12-7-8-24-10-12)20(36(23,32)33)18(13)21-27-30-31-28-21/h2-6,11-12,24,29H,7-10,22H2,1H3,(H,25,26)(H2,23,32,33)(H,27,28,30,31)/t11?,12-/m1/s1. The van der Waals surface area contributed by atoms with Crippen LogP contribution >= 0.6 is 0 Å². The predicted molar refractivity (Wildman–Crippen MR) is 135 cm³/mol. The van der Waals surface area contributed by atoms with E-state index >= 15 is 0 Å². The first-order valence-electron chi connectivity index (χ1n) is 11.4. The van der Waals surface area contributed by atoms with Crippen molar-refractivity contribution in [2.75, 3.05) is 13.1 Å². The van der Waals surface area contributed by atoms with Gasteiger partial charge in [-0.3, -0.25) is 0 Å². The monoisotopic (exact) mass is 546 g/mol. The summed E-state index contributed by atoms with van der Waals surface area (Å²) in [5, 5.41) is 22.5. The van der Waals surface area contributed by atoms with E-state index in [0.29, 0.717) is 53.9 Å². The van der Waals surface area contributed by atoms with Crippen molar-refractivity contribution in [3.8, 4) is 22.5 Å². The molecule has 37 heavy (non-hydrogen) atoms. The summed E-state index contributed by atoms with van der Waals surface area (Å²) in [5.41, 5.74) is 7.89. The van der Waals surface area contributed by atoms with E-state index in [0.717, 1.165) is 0 Å². The highest BCUT2D eigenvalue weighted by atomic mass is 32.2. The van der Waals surface area contributed by atoms with Crippen LogP contribution in [0.4, 0.5) is 0 Å². The van der Waals surface area contributed by atoms with Gasteiger partial charge in [-0.2, -0.15) is 5.21 Å². The largest absolute Gasteiger partial charge is 0.342 e. The van der Waals surface area contributed by atoms with Gasteiger partial charge in [0.1, 0.15) is 15.6 Å². The van der Waals surface area contributed by atoms with E-state index in [9.17, 15) is 16.8 Å². The zero-order valence-corrected chi connectivity index (χ0v) is 21.4. The topological polar surface area (TPSA) is 228 Å². The molecular formula is C21H26N10O4S2. The summed E-state index contributed by atoms with van der Waals surface area (Å²) in [6, 6.07) is 7.51. The van der Waals surface area contributed by atoms with E-state index in [4.69, 9.17) is 10.9 Å². The zero-order valence-electron chi connectivity index (χ0n) is 19.8. The van der Waals surface area contributed by atoms with Gasteiger partial charge in [-0.1, -0.05) is 18.2 Å². The summed E-state index contributed by atoms with van der Waals surface area (Å²) in [4.78, 5) is 6.75. The number of hydrogen-bond donors (Lipinski definition) is 6. The molecule has 1 aliphatic rings. The fourth-order valence-corrected chi connectivity index (χ4v) is 7.38. The molecule has 8 N–H and O–H groups in total. The summed E-state index contributed by atoms with van der Waals surface area (Å²) in [7, 11) is -8.90. The van der Waals surface area contributed by atoms with E-state index in [2.05, 4.69) is 40.6 Å². The average molecular weight is 547 g/mol. The van der Waals surface area contributed by atoms with Crippen molar-refractivity contribution in [3.05, 3.63) is 36.2 Å². The third-order valence-electron chi connectivity index (χ3n) is 6.01. The van der Waals surface area contributed by atoms with Gasteiger partial charge in [-0.25, -0.2) is 31.7 Å². The van der Waals surface area contributed by atoms with Crippen LogP contribution in [0.15, 0.2) is 40.1 Å².